The average Bonchev–Trinajstić information content (AvgIpc) is 2.83. The summed E-state index contributed by atoms with van der Waals surface area (Å²) < 4.78 is 11.1. The molecule has 7 nitrogen and oxygen atoms in total. The first-order chi connectivity index (χ1) is 15.7. The van der Waals surface area contributed by atoms with Crippen molar-refractivity contribution in [2.45, 2.75) is 45.4 Å². The van der Waals surface area contributed by atoms with E-state index in [2.05, 4.69) is 27.0 Å². The van der Waals surface area contributed by atoms with Crippen molar-refractivity contribution in [3.05, 3.63) is 76.0 Å². The number of nitrogens with one attached hydrogen (secondary N) is 1. The van der Waals surface area contributed by atoms with Crippen LogP contribution in [0.3, 0.4) is 0 Å². The summed E-state index contributed by atoms with van der Waals surface area (Å²) in [6, 6.07) is 11.8. The minimum atomic E-state index is -0.136. The maximum absolute atomic E-state index is 12.4. The molecule has 168 valence electrons. The van der Waals surface area contributed by atoms with Gasteiger partial charge in [0, 0.05) is 42.7 Å². The number of aromatic nitrogens is 3. The van der Waals surface area contributed by atoms with E-state index in [4.69, 9.17) is 14.5 Å². The lowest BCUT2D eigenvalue weighted by atomic mass is 9.97. The van der Waals surface area contributed by atoms with Crippen LogP contribution in [0.15, 0.2) is 53.6 Å². The summed E-state index contributed by atoms with van der Waals surface area (Å²) in [6.07, 6.45) is 6.67. The summed E-state index contributed by atoms with van der Waals surface area (Å²) in [4.78, 5) is 26.7. The smallest absolute Gasteiger partial charge is 0.251 e. The number of ether oxygens (including phenoxy) is 2. The maximum atomic E-state index is 12.4. The molecule has 0 unspecified atom stereocenters. The predicted molar refractivity (Wildman–Crippen MR) is 123 cm³/mol. The first-order valence-corrected chi connectivity index (χ1v) is 11.2. The number of likely N-dealkylation sites (tertiary alicyclic amines) is 1. The van der Waals surface area contributed by atoms with Gasteiger partial charge in [0.2, 0.25) is 0 Å². The van der Waals surface area contributed by atoms with E-state index in [1.807, 2.05) is 25.1 Å². The number of piperidine rings is 1. The summed E-state index contributed by atoms with van der Waals surface area (Å²) in [7, 11) is 1.68. The molecule has 0 bridgehead atoms. The molecule has 3 heterocycles. The molecule has 0 spiro atoms. The van der Waals surface area contributed by atoms with E-state index in [0.717, 1.165) is 54.9 Å². The highest BCUT2D eigenvalue weighted by molar-refractivity contribution is 5.52. The number of hydrogen-bond acceptors (Lipinski definition) is 6. The van der Waals surface area contributed by atoms with Crippen LogP contribution in [0.1, 0.15) is 49.0 Å². The quantitative estimate of drug-likeness (QED) is 0.575. The monoisotopic (exact) mass is 434 g/mol. The van der Waals surface area contributed by atoms with Gasteiger partial charge in [-0.3, -0.25) is 14.7 Å². The lowest BCUT2D eigenvalue weighted by molar-refractivity contribution is 0.130. The molecule has 4 rings (SSSR count). The van der Waals surface area contributed by atoms with Crippen molar-refractivity contribution in [2.75, 3.05) is 20.3 Å². The van der Waals surface area contributed by atoms with Crippen LogP contribution >= 0.6 is 0 Å². The minimum Gasteiger partial charge on any atom is -0.496 e. The van der Waals surface area contributed by atoms with Crippen LogP contribution in [-0.2, 0) is 17.9 Å². The van der Waals surface area contributed by atoms with Crippen LogP contribution in [0.5, 0.6) is 5.75 Å². The van der Waals surface area contributed by atoms with Gasteiger partial charge in [-0.2, -0.15) is 0 Å². The Hall–Kier alpha value is -3.03. The van der Waals surface area contributed by atoms with Gasteiger partial charge >= 0.3 is 0 Å². The second kappa shape index (κ2) is 10.5. The molecule has 0 amide bonds. The number of rotatable bonds is 8. The number of nitrogens with zero attached hydrogens (tertiary/aromatic N) is 3. The highest BCUT2D eigenvalue weighted by Gasteiger charge is 2.26. The van der Waals surface area contributed by atoms with Crippen molar-refractivity contribution in [3.63, 3.8) is 0 Å². The molecule has 2 aromatic heterocycles. The fraction of sp³-hybridized carbons (Fsp3) is 0.400. The maximum Gasteiger partial charge on any atom is 0.251 e. The van der Waals surface area contributed by atoms with Gasteiger partial charge in [0.15, 0.2) is 0 Å². The molecule has 7 heteroatoms. The Bertz CT molecular complexity index is 1080. The van der Waals surface area contributed by atoms with Gasteiger partial charge in [-0.25, -0.2) is 4.98 Å². The van der Waals surface area contributed by atoms with Gasteiger partial charge < -0.3 is 14.5 Å². The van der Waals surface area contributed by atoms with Crippen molar-refractivity contribution < 1.29 is 9.47 Å². The Kier molecular flexibility index (Phi) is 7.29. The molecule has 1 saturated heterocycles. The van der Waals surface area contributed by atoms with E-state index < -0.39 is 0 Å². The number of methoxy groups -OCH3 is 1. The van der Waals surface area contributed by atoms with Crippen LogP contribution < -0.4 is 10.3 Å². The SMILES string of the molecule is CCOCc1cc(CN2CCCC[C@@H]2c2cc(=O)[nH]c(-c3cccnc3)n2)ccc1OC. The van der Waals surface area contributed by atoms with Gasteiger partial charge in [-0.05, 0) is 56.1 Å². The Balaban J connectivity index is 1.60. The fourth-order valence-electron chi connectivity index (χ4n) is 4.29. The van der Waals surface area contributed by atoms with Gasteiger partial charge in [-0.15, -0.1) is 0 Å². The normalized spacial score (nSPS) is 16.8. The molecular formula is C25H30N4O3. The molecule has 1 aliphatic heterocycles. The van der Waals surface area contributed by atoms with Crippen molar-refractivity contribution >= 4 is 0 Å². The molecule has 1 aromatic carbocycles. The van der Waals surface area contributed by atoms with Crippen molar-refractivity contribution in [3.8, 4) is 17.1 Å². The number of pyridine rings is 1. The first-order valence-electron chi connectivity index (χ1n) is 11.2. The predicted octanol–water partition coefficient (Wildman–Crippen LogP) is 4.10. The lowest BCUT2D eigenvalue weighted by Crippen LogP contribution is -2.34. The third-order valence-electron chi connectivity index (χ3n) is 5.84. The summed E-state index contributed by atoms with van der Waals surface area (Å²) in [6.45, 7) is 4.93. The van der Waals surface area contributed by atoms with Crippen molar-refractivity contribution in [2.24, 2.45) is 0 Å². The summed E-state index contributed by atoms with van der Waals surface area (Å²) in [5.74, 6) is 1.41. The van der Waals surface area contributed by atoms with Crippen LogP contribution in [0.2, 0.25) is 0 Å². The minimum absolute atomic E-state index is 0.0962. The van der Waals surface area contributed by atoms with E-state index in [1.54, 1.807) is 25.6 Å². The zero-order valence-corrected chi connectivity index (χ0v) is 18.7. The molecule has 1 N–H and O–H groups in total. The molecular weight excluding hydrogens is 404 g/mol. The Morgan fingerprint density at radius 3 is 2.91 bits per heavy atom. The van der Waals surface area contributed by atoms with E-state index >= 15 is 0 Å². The zero-order valence-electron chi connectivity index (χ0n) is 18.7. The van der Waals surface area contributed by atoms with Gasteiger partial charge in [0.1, 0.15) is 11.6 Å². The highest BCUT2D eigenvalue weighted by Crippen LogP contribution is 2.32. The molecule has 0 radical (unpaired) electrons. The van der Waals surface area contributed by atoms with E-state index in [1.165, 1.54) is 5.56 Å². The average molecular weight is 435 g/mol. The van der Waals surface area contributed by atoms with E-state index in [9.17, 15) is 4.79 Å². The molecule has 1 atom stereocenters. The Morgan fingerprint density at radius 1 is 1.22 bits per heavy atom. The van der Waals surface area contributed by atoms with E-state index in [0.29, 0.717) is 19.0 Å². The molecule has 32 heavy (non-hydrogen) atoms. The Morgan fingerprint density at radius 2 is 2.12 bits per heavy atom. The summed E-state index contributed by atoms with van der Waals surface area (Å²) in [5.41, 5.74) is 3.74. The lowest BCUT2D eigenvalue weighted by Gasteiger charge is -2.35. The van der Waals surface area contributed by atoms with Crippen molar-refractivity contribution in [1.82, 2.24) is 19.9 Å². The standard InChI is InChI=1S/C25H30N4O3/c1-3-32-17-20-13-18(9-10-23(20)31-2)16-29-12-5-4-8-22(29)21-14-24(30)28-25(27-21)19-7-6-11-26-15-19/h6-7,9-11,13-15,22H,3-5,8,12,16-17H2,1-2H3,(H,27,28,30)/t22-/m1/s1. The summed E-state index contributed by atoms with van der Waals surface area (Å²) >= 11 is 0. The number of aromatic amines is 1. The molecule has 1 fully saturated rings. The number of H-pyrrole nitrogens is 1. The second-order valence-electron chi connectivity index (χ2n) is 8.03. The zero-order chi connectivity index (χ0) is 22.3. The van der Waals surface area contributed by atoms with E-state index in [-0.39, 0.29) is 11.6 Å². The van der Waals surface area contributed by atoms with Gasteiger partial charge in [0.25, 0.3) is 5.56 Å². The third-order valence-corrected chi connectivity index (χ3v) is 5.84. The number of benzene rings is 1. The van der Waals surface area contributed by atoms with Crippen LogP contribution in [0.25, 0.3) is 11.4 Å². The van der Waals surface area contributed by atoms with Gasteiger partial charge in [0.05, 0.1) is 25.5 Å². The molecule has 3 aromatic rings. The molecule has 0 aliphatic carbocycles. The fourth-order valence-corrected chi connectivity index (χ4v) is 4.29. The van der Waals surface area contributed by atoms with Crippen LogP contribution in [0.4, 0.5) is 0 Å². The first kappa shape index (κ1) is 22.2. The second-order valence-corrected chi connectivity index (χ2v) is 8.03. The Labute approximate surface area is 188 Å². The van der Waals surface area contributed by atoms with Crippen molar-refractivity contribution in [1.29, 1.82) is 0 Å². The van der Waals surface area contributed by atoms with Crippen LogP contribution in [-0.4, -0.2) is 40.1 Å². The largest absolute Gasteiger partial charge is 0.496 e. The summed E-state index contributed by atoms with van der Waals surface area (Å²) in [5, 5.41) is 0. The van der Waals surface area contributed by atoms with Gasteiger partial charge in [-0.1, -0.05) is 12.5 Å². The highest BCUT2D eigenvalue weighted by atomic mass is 16.5. The third kappa shape index (κ3) is 5.23. The topological polar surface area (TPSA) is 80.3 Å². The number of hydrogen-bond donors (Lipinski definition) is 1. The molecule has 0 saturated carbocycles. The molecule has 1 aliphatic rings. The van der Waals surface area contributed by atoms with Crippen LogP contribution in [0, 0.1) is 0 Å².